The summed E-state index contributed by atoms with van der Waals surface area (Å²) in [6.07, 6.45) is 3.67. The largest absolute Gasteiger partial charge is 0.374 e. The molecule has 0 aliphatic heterocycles. The first kappa shape index (κ1) is 11.4. The zero-order chi connectivity index (χ0) is 11.6. The normalized spacial score (nSPS) is 17.9. The van der Waals surface area contributed by atoms with Gasteiger partial charge in [-0.3, -0.25) is 0 Å². The van der Waals surface area contributed by atoms with Crippen molar-refractivity contribution in [3.63, 3.8) is 0 Å². The number of halogens is 1. The van der Waals surface area contributed by atoms with E-state index in [9.17, 15) is 4.39 Å². The molecule has 2 N–H and O–H groups in total. The number of benzene rings is 1. The van der Waals surface area contributed by atoms with E-state index in [1.807, 2.05) is 13.1 Å². The molecule has 2 rings (SSSR count). The lowest BCUT2D eigenvalue weighted by Crippen LogP contribution is -2.46. The Morgan fingerprint density at radius 2 is 2.19 bits per heavy atom. The summed E-state index contributed by atoms with van der Waals surface area (Å²) in [5, 5.41) is 0. The highest BCUT2D eigenvalue weighted by Crippen LogP contribution is 2.40. The second kappa shape index (κ2) is 4.42. The molecule has 0 heterocycles. The second-order valence-corrected chi connectivity index (χ2v) is 4.89. The lowest BCUT2D eigenvalue weighted by atomic mass is 9.68. The fraction of sp³-hybridized carbons (Fsp3) is 0.538. The summed E-state index contributed by atoms with van der Waals surface area (Å²) in [6, 6.07) is 6.73. The van der Waals surface area contributed by atoms with Crippen molar-refractivity contribution in [2.75, 3.05) is 25.0 Å². The molecule has 16 heavy (non-hydrogen) atoms. The minimum Gasteiger partial charge on any atom is -0.374 e. The molecule has 3 heteroatoms. The zero-order valence-electron chi connectivity index (χ0n) is 9.75. The van der Waals surface area contributed by atoms with Crippen LogP contribution in [0.1, 0.15) is 19.3 Å². The number of rotatable bonds is 4. The van der Waals surface area contributed by atoms with E-state index in [0.717, 1.165) is 18.8 Å². The lowest BCUT2D eigenvalue weighted by molar-refractivity contribution is 0.154. The number of hydrogen-bond acceptors (Lipinski definition) is 2. The number of nitrogens with two attached hydrogens (primary N) is 1. The minimum atomic E-state index is -0.181. The Morgan fingerprint density at radius 1 is 1.44 bits per heavy atom. The van der Waals surface area contributed by atoms with Crippen LogP contribution in [0.15, 0.2) is 24.3 Å². The molecule has 2 nitrogen and oxygen atoms in total. The Kier molecular flexibility index (Phi) is 3.15. The molecular formula is C13H19FN2. The van der Waals surface area contributed by atoms with Crippen molar-refractivity contribution < 1.29 is 4.39 Å². The van der Waals surface area contributed by atoms with Crippen LogP contribution in [0.2, 0.25) is 0 Å². The van der Waals surface area contributed by atoms with Crippen molar-refractivity contribution in [3.8, 4) is 0 Å². The zero-order valence-corrected chi connectivity index (χ0v) is 9.75. The number of hydrogen-bond donors (Lipinski definition) is 1. The van der Waals surface area contributed by atoms with Gasteiger partial charge in [0.2, 0.25) is 0 Å². The van der Waals surface area contributed by atoms with Crippen LogP contribution < -0.4 is 10.6 Å². The first-order valence-electron chi connectivity index (χ1n) is 5.82. The van der Waals surface area contributed by atoms with Crippen molar-refractivity contribution in [3.05, 3.63) is 30.1 Å². The predicted molar refractivity (Wildman–Crippen MR) is 65.0 cm³/mol. The highest BCUT2D eigenvalue weighted by atomic mass is 19.1. The molecule has 1 aromatic carbocycles. The molecule has 0 aromatic heterocycles. The van der Waals surface area contributed by atoms with Crippen molar-refractivity contribution in [1.29, 1.82) is 0 Å². The third-order valence-electron chi connectivity index (χ3n) is 3.67. The van der Waals surface area contributed by atoms with Crippen LogP contribution in [0.4, 0.5) is 10.1 Å². The maximum atomic E-state index is 13.1. The van der Waals surface area contributed by atoms with Gasteiger partial charge in [0.1, 0.15) is 5.82 Å². The van der Waals surface area contributed by atoms with E-state index in [2.05, 4.69) is 4.90 Å². The molecule has 0 radical (unpaired) electrons. The van der Waals surface area contributed by atoms with Crippen molar-refractivity contribution >= 4 is 5.69 Å². The first-order chi connectivity index (χ1) is 7.65. The van der Waals surface area contributed by atoms with E-state index in [4.69, 9.17) is 5.73 Å². The van der Waals surface area contributed by atoms with Gasteiger partial charge in [-0.05, 0) is 37.6 Å². The van der Waals surface area contributed by atoms with Gasteiger partial charge in [-0.15, -0.1) is 0 Å². The standard InChI is InChI=1S/C13H19FN2/c1-16(10-13(9-15)6-3-7-13)12-5-2-4-11(14)8-12/h2,4-5,8H,3,6-7,9-10,15H2,1H3. The van der Waals surface area contributed by atoms with E-state index >= 15 is 0 Å². The van der Waals surface area contributed by atoms with Crippen LogP contribution in [0.3, 0.4) is 0 Å². The van der Waals surface area contributed by atoms with E-state index in [0.29, 0.717) is 0 Å². The van der Waals surface area contributed by atoms with Crippen LogP contribution >= 0.6 is 0 Å². The minimum absolute atomic E-state index is 0.181. The average Bonchev–Trinajstić information content (AvgIpc) is 2.23. The molecule has 1 fully saturated rings. The molecule has 1 aliphatic rings. The molecule has 0 amide bonds. The Hall–Kier alpha value is -1.09. The van der Waals surface area contributed by atoms with Crippen molar-refractivity contribution in [1.82, 2.24) is 0 Å². The van der Waals surface area contributed by atoms with E-state index in [-0.39, 0.29) is 11.2 Å². The molecule has 0 unspecified atom stereocenters. The molecule has 0 bridgehead atoms. The van der Waals surface area contributed by atoms with E-state index in [1.54, 1.807) is 12.1 Å². The molecule has 0 atom stereocenters. The molecule has 1 aromatic rings. The van der Waals surface area contributed by atoms with Gasteiger partial charge in [-0.1, -0.05) is 12.5 Å². The van der Waals surface area contributed by atoms with Crippen LogP contribution in [0.5, 0.6) is 0 Å². The summed E-state index contributed by atoms with van der Waals surface area (Å²) >= 11 is 0. The monoisotopic (exact) mass is 222 g/mol. The third-order valence-corrected chi connectivity index (χ3v) is 3.67. The summed E-state index contributed by atoms with van der Waals surface area (Å²) in [7, 11) is 2.00. The average molecular weight is 222 g/mol. The SMILES string of the molecule is CN(CC1(CN)CCC1)c1cccc(F)c1. The number of anilines is 1. The molecule has 1 aliphatic carbocycles. The second-order valence-electron chi connectivity index (χ2n) is 4.89. The quantitative estimate of drug-likeness (QED) is 0.847. The third kappa shape index (κ3) is 2.19. The van der Waals surface area contributed by atoms with Gasteiger partial charge in [0, 0.05) is 24.7 Å². The Morgan fingerprint density at radius 3 is 2.69 bits per heavy atom. The summed E-state index contributed by atoms with van der Waals surface area (Å²) in [4.78, 5) is 2.11. The van der Waals surface area contributed by atoms with E-state index in [1.165, 1.54) is 25.3 Å². The van der Waals surface area contributed by atoms with Crippen molar-refractivity contribution in [2.45, 2.75) is 19.3 Å². The smallest absolute Gasteiger partial charge is 0.125 e. The van der Waals surface area contributed by atoms with Crippen LogP contribution in [0.25, 0.3) is 0 Å². The number of nitrogens with zero attached hydrogens (tertiary/aromatic N) is 1. The van der Waals surface area contributed by atoms with Gasteiger partial charge in [0.05, 0.1) is 0 Å². The predicted octanol–water partition coefficient (Wildman–Crippen LogP) is 2.39. The fourth-order valence-corrected chi connectivity index (χ4v) is 2.41. The van der Waals surface area contributed by atoms with E-state index < -0.39 is 0 Å². The maximum absolute atomic E-state index is 13.1. The Labute approximate surface area is 96.2 Å². The summed E-state index contributed by atoms with van der Waals surface area (Å²) < 4.78 is 13.1. The fourth-order valence-electron chi connectivity index (χ4n) is 2.41. The topological polar surface area (TPSA) is 29.3 Å². The molecule has 0 saturated heterocycles. The molecule has 0 spiro atoms. The highest BCUT2D eigenvalue weighted by molar-refractivity contribution is 5.45. The lowest BCUT2D eigenvalue weighted by Gasteiger charge is -2.44. The highest BCUT2D eigenvalue weighted by Gasteiger charge is 2.36. The van der Waals surface area contributed by atoms with Crippen LogP contribution in [-0.4, -0.2) is 20.1 Å². The van der Waals surface area contributed by atoms with Crippen LogP contribution in [0, 0.1) is 11.2 Å². The Bertz CT molecular complexity index is 355. The Balaban J connectivity index is 2.05. The maximum Gasteiger partial charge on any atom is 0.125 e. The first-order valence-corrected chi connectivity index (χ1v) is 5.82. The molecule has 88 valence electrons. The van der Waals surface area contributed by atoms with Crippen molar-refractivity contribution in [2.24, 2.45) is 11.1 Å². The summed E-state index contributed by atoms with van der Waals surface area (Å²) in [5.41, 5.74) is 7.02. The summed E-state index contributed by atoms with van der Waals surface area (Å²) in [6.45, 7) is 1.65. The van der Waals surface area contributed by atoms with Crippen LogP contribution in [-0.2, 0) is 0 Å². The van der Waals surface area contributed by atoms with Gasteiger partial charge in [0.15, 0.2) is 0 Å². The van der Waals surface area contributed by atoms with Gasteiger partial charge in [0.25, 0.3) is 0 Å². The van der Waals surface area contributed by atoms with Gasteiger partial charge < -0.3 is 10.6 Å². The summed E-state index contributed by atoms with van der Waals surface area (Å²) in [5.74, 6) is -0.181. The van der Waals surface area contributed by atoms with Gasteiger partial charge >= 0.3 is 0 Å². The van der Waals surface area contributed by atoms with Gasteiger partial charge in [-0.2, -0.15) is 0 Å². The molecule has 1 saturated carbocycles. The molecular weight excluding hydrogens is 203 g/mol. The van der Waals surface area contributed by atoms with Gasteiger partial charge in [-0.25, -0.2) is 4.39 Å².